The van der Waals surface area contributed by atoms with E-state index < -0.39 is 11.2 Å². The van der Waals surface area contributed by atoms with E-state index in [1.165, 1.54) is 6.20 Å². The SMILES string of the molecule is Cc1cccc(-n2c(=O)[nH]c3nc(NCC4CCCO4)ncc3c2=O)c1C. The summed E-state index contributed by atoms with van der Waals surface area (Å²) in [7, 11) is 0. The second-order valence-electron chi connectivity index (χ2n) is 6.76. The number of anilines is 1. The molecule has 0 bridgehead atoms. The van der Waals surface area contributed by atoms with Crippen LogP contribution in [0.25, 0.3) is 16.7 Å². The molecule has 3 aromatic rings. The van der Waals surface area contributed by atoms with E-state index in [4.69, 9.17) is 4.74 Å². The minimum absolute atomic E-state index is 0.139. The average Bonchev–Trinajstić information content (AvgIpc) is 3.17. The van der Waals surface area contributed by atoms with E-state index in [1.807, 2.05) is 26.0 Å². The minimum Gasteiger partial charge on any atom is -0.376 e. The number of ether oxygens (including phenoxy) is 1. The molecule has 3 heterocycles. The Kier molecular flexibility index (Phi) is 4.49. The van der Waals surface area contributed by atoms with E-state index in [0.29, 0.717) is 18.2 Å². The number of aromatic nitrogens is 4. The van der Waals surface area contributed by atoms with Gasteiger partial charge in [-0.05, 0) is 43.9 Å². The fraction of sp³-hybridized carbons (Fsp3) is 0.368. The van der Waals surface area contributed by atoms with Gasteiger partial charge in [0, 0.05) is 19.3 Å². The highest BCUT2D eigenvalue weighted by Crippen LogP contribution is 2.16. The summed E-state index contributed by atoms with van der Waals surface area (Å²) in [5.41, 5.74) is 1.70. The molecular weight excluding hydrogens is 346 g/mol. The first-order chi connectivity index (χ1) is 13.0. The Morgan fingerprint density at radius 1 is 1.33 bits per heavy atom. The highest BCUT2D eigenvalue weighted by molar-refractivity contribution is 5.73. The number of hydrogen-bond acceptors (Lipinski definition) is 6. The molecule has 0 amide bonds. The van der Waals surface area contributed by atoms with Crippen LogP contribution < -0.4 is 16.6 Å². The van der Waals surface area contributed by atoms with Crippen molar-refractivity contribution >= 4 is 17.0 Å². The van der Waals surface area contributed by atoms with Crippen LogP contribution in [0.15, 0.2) is 34.0 Å². The zero-order valence-corrected chi connectivity index (χ0v) is 15.3. The maximum Gasteiger partial charge on any atom is 0.334 e. The van der Waals surface area contributed by atoms with Crippen LogP contribution in [-0.2, 0) is 4.74 Å². The second kappa shape index (κ2) is 6.96. The van der Waals surface area contributed by atoms with Gasteiger partial charge in [-0.15, -0.1) is 0 Å². The van der Waals surface area contributed by atoms with E-state index in [2.05, 4.69) is 20.3 Å². The first-order valence-electron chi connectivity index (χ1n) is 8.99. The molecule has 2 aromatic heterocycles. The summed E-state index contributed by atoms with van der Waals surface area (Å²) in [4.78, 5) is 36.7. The Morgan fingerprint density at radius 3 is 2.96 bits per heavy atom. The summed E-state index contributed by atoms with van der Waals surface area (Å²) < 4.78 is 6.69. The lowest BCUT2D eigenvalue weighted by molar-refractivity contribution is 0.120. The summed E-state index contributed by atoms with van der Waals surface area (Å²) >= 11 is 0. The van der Waals surface area contributed by atoms with Crippen molar-refractivity contribution in [1.29, 1.82) is 0 Å². The van der Waals surface area contributed by atoms with Gasteiger partial charge >= 0.3 is 5.69 Å². The summed E-state index contributed by atoms with van der Waals surface area (Å²) in [5.74, 6) is 0.359. The van der Waals surface area contributed by atoms with Crippen LogP contribution >= 0.6 is 0 Å². The monoisotopic (exact) mass is 367 g/mol. The third-order valence-corrected chi connectivity index (χ3v) is 4.98. The van der Waals surface area contributed by atoms with Gasteiger partial charge in [0.15, 0.2) is 5.65 Å². The van der Waals surface area contributed by atoms with E-state index in [0.717, 1.165) is 35.1 Å². The summed E-state index contributed by atoms with van der Waals surface area (Å²) in [6.45, 7) is 5.19. The Morgan fingerprint density at radius 2 is 2.19 bits per heavy atom. The molecule has 0 saturated carbocycles. The zero-order valence-electron chi connectivity index (χ0n) is 15.3. The van der Waals surface area contributed by atoms with Crippen molar-refractivity contribution in [1.82, 2.24) is 19.5 Å². The number of H-pyrrole nitrogens is 1. The van der Waals surface area contributed by atoms with Crippen LogP contribution in [0.3, 0.4) is 0 Å². The van der Waals surface area contributed by atoms with Crippen molar-refractivity contribution in [2.24, 2.45) is 0 Å². The lowest BCUT2D eigenvalue weighted by atomic mass is 10.1. The number of aryl methyl sites for hydroxylation is 1. The van der Waals surface area contributed by atoms with Gasteiger partial charge < -0.3 is 10.1 Å². The number of rotatable bonds is 4. The molecule has 1 unspecified atom stereocenters. The Bertz CT molecular complexity index is 1110. The third kappa shape index (κ3) is 3.23. The molecule has 140 valence electrons. The van der Waals surface area contributed by atoms with Crippen molar-refractivity contribution in [3.8, 4) is 5.69 Å². The van der Waals surface area contributed by atoms with Gasteiger partial charge in [0.2, 0.25) is 5.95 Å². The van der Waals surface area contributed by atoms with Crippen LogP contribution in [0, 0.1) is 13.8 Å². The topological polar surface area (TPSA) is 102 Å². The second-order valence-corrected chi connectivity index (χ2v) is 6.76. The van der Waals surface area contributed by atoms with Gasteiger partial charge in [-0.3, -0.25) is 9.78 Å². The molecule has 1 aliphatic rings. The van der Waals surface area contributed by atoms with Crippen LogP contribution in [0.1, 0.15) is 24.0 Å². The molecule has 8 heteroatoms. The van der Waals surface area contributed by atoms with Gasteiger partial charge in [0.25, 0.3) is 5.56 Å². The fourth-order valence-electron chi connectivity index (χ4n) is 3.30. The number of aromatic amines is 1. The number of nitrogens with one attached hydrogen (secondary N) is 2. The highest BCUT2D eigenvalue weighted by atomic mass is 16.5. The molecular formula is C19H21N5O3. The molecule has 1 atom stereocenters. The smallest absolute Gasteiger partial charge is 0.334 e. The summed E-state index contributed by atoms with van der Waals surface area (Å²) in [6, 6.07) is 5.51. The number of nitrogens with zero attached hydrogens (tertiary/aromatic N) is 3. The van der Waals surface area contributed by atoms with Crippen molar-refractivity contribution in [2.75, 3.05) is 18.5 Å². The van der Waals surface area contributed by atoms with Crippen LogP contribution in [0.5, 0.6) is 0 Å². The Balaban J connectivity index is 1.74. The summed E-state index contributed by atoms with van der Waals surface area (Å²) in [5, 5.41) is 3.36. The van der Waals surface area contributed by atoms with Crippen molar-refractivity contribution in [3.05, 3.63) is 56.4 Å². The first kappa shape index (κ1) is 17.4. The van der Waals surface area contributed by atoms with Crippen molar-refractivity contribution < 1.29 is 4.74 Å². The predicted molar refractivity (Wildman–Crippen MR) is 103 cm³/mol. The fourth-order valence-corrected chi connectivity index (χ4v) is 3.30. The van der Waals surface area contributed by atoms with Crippen LogP contribution in [0.4, 0.5) is 5.95 Å². The molecule has 1 aromatic carbocycles. The number of fused-ring (bicyclic) bond motifs is 1. The lowest BCUT2D eigenvalue weighted by Gasteiger charge is -2.12. The maximum absolute atomic E-state index is 12.9. The van der Waals surface area contributed by atoms with Gasteiger partial charge in [-0.2, -0.15) is 4.98 Å². The zero-order chi connectivity index (χ0) is 19.0. The first-order valence-corrected chi connectivity index (χ1v) is 8.99. The average molecular weight is 367 g/mol. The van der Waals surface area contributed by atoms with E-state index in [1.54, 1.807) is 6.07 Å². The lowest BCUT2D eigenvalue weighted by Crippen LogP contribution is -2.34. The van der Waals surface area contributed by atoms with Crippen molar-refractivity contribution in [3.63, 3.8) is 0 Å². The van der Waals surface area contributed by atoms with Crippen molar-refractivity contribution in [2.45, 2.75) is 32.8 Å². The molecule has 1 aliphatic heterocycles. The van der Waals surface area contributed by atoms with Gasteiger partial charge in [0.1, 0.15) is 5.39 Å². The maximum atomic E-state index is 12.9. The number of hydrogen-bond donors (Lipinski definition) is 2. The highest BCUT2D eigenvalue weighted by Gasteiger charge is 2.17. The molecule has 4 rings (SSSR count). The van der Waals surface area contributed by atoms with Crippen LogP contribution in [-0.4, -0.2) is 38.8 Å². The van der Waals surface area contributed by atoms with E-state index >= 15 is 0 Å². The standard InChI is InChI=1S/C19H21N5O3/c1-11-5-3-7-15(12(11)2)24-17(25)14-10-21-18(22-16(14)23-19(24)26)20-9-13-6-4-8-27-13/h3,5,7,10,13H,4,6,8-9H2,1-2H3,(H2,20,21,22,23,26). The quantitative estimate of drug-likeness (QED) is 0.727. The molecule has 0 radical (unpaired) electrons. The molecule has 0 spiro atoms. The molecule has 1 saturated heterocycles. The Hall–Kier alpha value is -3.00. The van der Waals surface area contributed by atoms with Gasteiger partial charge in [-0.25, -0.2) is 14.3 Å². The molecule has 8 nitrogen and oxygen atoms in total. The van der Waals surface area contributed by atoms with Crippen LogP contribution in [0.2, 0.25) is 0 Å². The number of benzene rings is 1. The van der Waals surface area contributed by atoms with E-state index in [9.17, 15) is 9.59 Å². The van der Waals surface area contributed by atoms with Gasteiger partial charge in [-0.1, -0.05) is 12.1 Å². The molecule has 27 heavy (non-hydrogen) atoms. The largest absolute Gasteiger partial charge is 0.376 e. The molecule has 1 fully saturated rings. The van der Waals surface area contributed by atoms with E-state index in [-0.39, 0.29) is 17.1 Å². The normalized spacial score (nSPS) is 16.7. The summed E-state index contributed by atoms with van der Waals surface area (Å²) in [6.07, 6.45) is 3.63. The Labute approximate surface area is 155 Å². The third-order valence-electron chi connectivity index (χ3n) is 4.98. The van der Waals surface area contributed by atoms with Gasteiger partial charge in [0.05, 0.1) is 11.8 Å². The predicted octanol–water partition coefficient (Wildman–Crippen LogP) is 1.68. The molecule has 0 aliphatic carbocycles. The molecule has 2 N–H and O–H groups in total. The minimum atomic E-state index is -0.523.